The summed E-state index contributed by atoms with van der Waals surface area (Å²) in [7, 11) is 0. The lowest BCUT2D eigenvalue weighted by molar-refractivity contribution is -0.0884. The third-order valence-electron chi connectivity index (χ3n) is 7.51. The van der Waals surface area contributed by atoms with E-state index in [4.69, 9.17) is 43.8 Å². The fourth-order valence-corrected chi connectivity index (χ4v) is 5.87. The van der Waals surface area contributed by atoms with Crippen LogP contribution in [0.1, 0.15) is 55.1 Å². The van der Waals surface area contributed by atoms with E-state index in [0.29, 0.717) is 27.8 Å². The second kappa shape index (κ2) is 14.2. The van der Waals surface area contributed by atoms with Gasteiger partial charge in [-0.2, -0.15) is 18.3 Å². The summed E-state index contributed by atoms with van der Waals surface area (Å²) in [4.78, 5) is 22.9. The number of anilines is 3. The van der Waals surface area contributed by atoms with Gasteiger partial charge in [-0.1, -0.05) is 30.1 Å². The lowest BCUT2D eigenvalue weighted by Gasteiger charge is -2.34. The van der Waals surface area contributed by atoms with Crippen molar-refractivity contribution in [2.24, 2.45) is 0 Å². The van der Waals surface area contributed by atoms with Crippen molar-refractivity contribution in [1.29, 1.82) is 0 Å². The predicted octanol–water partition coefficient (Wildman–Crippen LogP) is 7.26. The fourth-order valence-electron chi connectivity index (χ4n) is 5.36. The maximum atomic E-state index is 12.9. The lowest BCUT2D eigenvalue weighted by Crippen LogP contribution is -2.43. The van der Waals surface area contributed by atoms with Crippen molar-refractivity contribution in [2.45, 2.75) is 57.7 Å². The Balaban J connectivity index is 1.40. The molecule has 0 spiro atoms. The van der Waals surface area contributed by atoms with Crippen LogP contribution in [-0.4, -0.2) is 63.9 Å². The van der Waals surface area contributed by atoms with Crippen LogP contribution in [0.2, 0.25) is 10.0 Å². The van der Waals surface area contributed by atoms with E-state index in [2.05, 4.69) is 28.2 Å². The number of benzene rings is 1. The number of nitrogens with one attached hydrogen (secondary N) is 1. The van der Waals surface area contributed by atoms with E-state index in [0.717, 1.165) is 81.4 Å². The number of ketones is 1. The monoisotopic (exact) mass is 663 g/mol. The minimum Gasteiger partial charge on any atom is -0.383 e. The molecule has 0 amide bonds. The summed E-state index contributed by atoms with van der Waals surface area (Å²) in [5, 5.41) is 9.12. The first-order valence-electron chi connectivity index (χ1n) is 14.9. The van der Waals surface area contributed by atoms with Crippen LogP contribution in [0.3, 0.4) is 0 Å². The van der Waals surface area contributed by atoms with Gasteiger partial charge in [-0.25, -0.2) is 14.5 Å². The molecule has 4 aromatic rings. The fraction of sp³-hybridized carbons (Fsp3) is 0.419. The van der Waals surface area contributed by atoms with Gasteiger partial charge in [0.15, 0.2) is 5.82 Å². The quantitative estimate of drug-likeness (QED) is 0.120. The zero-order valence-corrected chi connectivity index (χ0v) is 26.2. The van der Waals surface area contributed by atoms with Crippen molar-refractivity contribution in [3.05, 3.63) is 63.9 Å². The zero-order chi connectivity index (χ0) is 32.1. The Morgan fingerprint density at radius 1 is 1.13 bits per heavy atom. The summed E-state index contributed by atoms with van der Waals surface area (Å²) in [6.07, 6.45) is 2.08. The number of alkyl halides is 3. The van der Waals surface area contributed by atoms with Gasteiger partial charge in [-0.15, -0.1) is 0 Å². The van der Waals surface area contributed by atoms with Crippen molar-refractivity contribution < 1.29 is 22.7 Å². The number of aromatic nitrogens is 4. The number of unbranched alkanes of at least 4 members (excludes halogenated alkanes) is 1. The lowest BCUT2D eigenvalue weighted by atomic mass is 10.1. The summed E-state index contributed by atoms with van der Waals surface area (Å²) in [5.41, 5.74) is 8.20. The molecule has 5 rings (SSSR count). The Bertz CT molecular complexity index is 1660. The molecule has 0 aliphatic carbocycles. The molecule has 1 aromatic carbocycles. The van der Waals surface area contributed by atoms with E-state index in [9.17, 15) is 18.0 Å². The number of nitrogens with zero attached hydrogens (tertiary/aromatic N) is 5. The molecule has 1 aliphatic rings. The van der Waals surface area contributed by atoms with Gasteiger partial charge < -0.3 is 20.7 Å². The van der Waals surface area contributed by atoms with Gasteiger partial charge in [0.2, 0.25) is 0 Å². The molecular weight excluding hydrogens is 630 g/mol. The van der Waals surface area contributed by atoms with Crippen molar-refractivity contribution in [3.63, 3.8) is 0 Å². The highest BCUT2D eigenvalue weighted by Gasteiger charge is 2.40. The van der Waals surface area contributed by atoms with Gasteiger partial charge in [0.25, 0.3) is 5.78 Å². The molecule has 4 heterocycles. The Morgan fingerprint density at radius 2 is 1.96 bits per heavy atom. The molecule has 3 aromatic heterocycles. The molecule has 1 aliphatic heterocycles. The van der Waals surface area contributed by atoms with E-state index in [1.54, 1.807) is 12.1 Å². The highest BCUT2D eigenvalue weighted by molar-refractivity contribution is 6.36. The summed E-state index contributed by atoms with van der Waals surface area (Å²) >= 11 is 12.7. The van der Waals surface area contributed by atoms with E-state index in [1.807, 2.05) is 16.8 Å². The van der Waals surface area contributed by atoms with Crippen LogP contribution in [-0.2, 0) is 11.2 Å². The summed E-state index contributed by atoms with van der Waals surface area (Å²) < 4.78 is 46.2. The molecule has 1 fully saturated rings. The van der Waals surface area contributed by atoms with Crippen LogP contribution >= 0.6 is 23.2 Å². The van der Waals surface area contributed by atoms with E-state index >= 15 is 0 Å². The average molecular weight is 665 g/mol. The van der Waals surface area contributed by atoms with Crippen LogP contribution in [0, 0.1) is 0 Å². The molecule has 9 nitrogen and oxygen atoms in total. The van der Waals surface area contributed by atoms with E-state index in [-0.39, 0.29) is 11.9 Å². The Kier molecular flexibility index (Phi) is 10.4. The zero-order valence-electron chi connectivity index (χ0n) is 24.7. The number of carbonyl (C=O) groups excluding carboxylic acids is 1. The second-order valence-corrected chi connectivity index (χ2v) is 11.8. The van der Waals surface area contributed by atoms with Gasteiger partial charge in [0.1, 0.15) is 17.2 Å². The highest BCUT2D eigenvalue weighted by Crippen LogP contribution is 2.33. The number of hydrogen-bond donors (Lipinski definition) is 2. The summed E-state index contributed by atoms with van der Waals surface area (Å²) in [6, 6.07) is 9.58. The molecule has 1 atom stereocenters. The highest BCUT2D eigenvalue weighted by atomic mass is 35.5. The van der Waals surface area contributed by atoms with Crippen LogP contribution in [0.4, 0.5) is 30.6 Å². The van der Waals surface area contributed by atoms with Gasteiger partial charge >= 0.3 is 6.18 Å². The minimum atomic E-state index is -5.03. The molecule has 240 valence electrons. The van der Waals surface area contributed by atoms with Crippen LogP contribution in [0.15, 0.2) is 42.6 Å². The molecule has 1 unspecified atom stereocenters. The number of ether oxygens (including phenoxy) is 1. The van der Waals surface area contributed by atoms with Crippen molar-refractivity contribution >= 4 is 52.0 Å². The van der Waals surface area contributed by atoms with Gasteiger partial charge in [0.05, 0.1) is 28.2 Å². The molecule has 0 radical (unpaired) electrons. The number of piperidine rings is 1. The number of hydrogen-bond acceptors (Lipinski definition) is 8. The molecule has 1 saturated heterocycles. The number of nitrogen functional groups attached to an aromatic ring is 1. The number of carbonyl (C=O) groups is 1. The molecule has 45 heavy (non-hydrogen) atoms. The minimum absolute atomic E-state index is 0.120. The maximum absolute atomic E-state index is 12.9. The first kappa shape index (κ1) is 32.8. The van der Waals surface area contributed by atoms with Gasteiger partial charge in [-0.3, -0.25) is 4.79 Å². The number of Topliss-reactive ketones (excluding diaryl/α,β-unsaturated/α-hetero) is 1. The van der Waals surface area contributed by atoms with E-state index in [1.165, 1.54) is 6.07 Å². The maximum Gasteiger partial charge on any atom is 0.455 e. The van der Waals surface area contributed by atoms with Crippen molar-refractivity contribution in [3.8, 4) is 11.3 Å². The molecular formula is C31H34Cl2F3N7O2. The molecule has 14 heteroatoms. The Morgan fingerprint density at radius 3 is 2.69 bits per heavy atom. The number of pyridine rings is 1. The SMILES string of the molecule is CCCOCCCCc1cc2c(N3CCCC(Nc4ccc(C(=O)C(F)(F)F)c(N)n4)C3)nc(-c3ccc(Cl)cc3Cl)cn2n1. The smallest absolute Gasteiger partial charge is 0.383 e. The van der Waals surface area contributed by atoms with Gasteiger partial charge in [0, 0.05) is 42.9 Å². The molecule has 0 saturated carbocycles. The first-order chi connectivity index (χ1) is 21.5. The summed E-state index contributed by atoms with van der Waals surface area (Å²) in [5.74, 6) is -1.49. The number of nitrogens with two attached hydrogens (primary N) is 1. The molecule has 3 N–H and O–H groups in total. The summed E-state index contributed by atoms with van der Waals surface area (Å²) in [6.45, 7) is 4.82. The average Bonchev–Trinajstić information content (AvgIpc) is 3.41. The number of halogens is 5. The van der Waals surface area contributed by atoms with Crippen LogP contribution in [0.5, 0.6) is 0 Å². The third-order valence-corrected chi connectivity index (χ3v) is 8.06. The topological polar surface area (TPSA) is 111 Å². The van der Waals surface area contributed by atoms with Crippen LogP contribution in [0.25, 0.3) is 16.8 Å². The third kappa shape index (κ3) is 7.98. The standard InChI is InChI=1S/C31H34Cl2F3N7O2/c1-2-13-45-14-4-3-6-20-16-26-30(39-25(18-43(26)41-20)22-9-8-19(32)15-24(22)33)42-12-5-7-21(17-42)38-27-11-10-23(29(37)40-27)28(44)31(34,35)36/h8-11,15-16,18,21H,2-7,12-14,17H2,1H3,(H3,37,38,40). The number of fused-ring (bicyclic) bond motifs is 1. The number of aryl methyl sites for hydroxylation is 1. The molecule has 0 bridgehead atoms. The van der Waals surface area contributed by atoms with Crippen molar-refractivity contribution in [1.82, 2.24) is 19.6 Å². The first-order valence-corrected chi connectivity index (χ1v) is 15.6. The second-order valence-electron chi connectivity index (χ2n) is 11.0. The normalized spacial score (nSPS) is 15.5. The predicted molar refractivity (Wildman–Crippen MR) is 170 cm³/mol. The largest absolute Gasteiger partial charge is 0.455 e. The Labute approximate surface area is 268 Å². The van der Waals surface area contributed by atoms with Crippen LogP contribution < -0.4 is 16.0 Å². The van der Waals surface area contributed by atoms with Crippen molar-refractivity contribution in [2.75, 3.05) is 42.3 Å². The van der Waals surface area contributed by atoms with Gasteiger partial charge in [-0.05, 0) is 74.9 Å². The Hall–Kier alpha value is -3.61. The number of rotatable bonds is 12. The van der Waals surface area contributed by atoms with E-state index < -0.39 is 23.3 Å².